The van der Waals surface area contributed by atoms with Crippen molar-refractivity contribution in [3.8, 4) is 0 Å². The van der Waals surface area contributed by atoms with Gasteiger partial charge in [-0.25, -0.2) is 0 Å². The Balaban J connectivity index is 3.73. The average Bonchev–Trinajstić information content (AvgIpc) is 1.98. The van der Waals surface area contributed by atoms with E-state index in [0.717, 1.165) is 0 Å². The summed E-state index contributed by atoms with van der Waals surface area (Å²) in [6.45, 7) is 1.20. The molecule has 0 aromatic heterocycles. The van der Waals surface area contributed by atoms with Gasteiger partial charge in [-0.15, -0.1) is 0 Å². The highest BCUT2D eigenvalue weighted by Gasteiger charge is 2.17. The molecule has 11 heavy (non-hydrogen) atoms. The number of amides is 1. The quantitative estimate of drug-likeness (QED) is 0.439. The van der Waals surface area contributed by atoms with Gasteiger partial charge in [-0.3, -0.25) is 9.59 Å². The summed E-state index contributed by atoms with van der Waals surface area (Å²) in [6, 6.07) is -0.983. The largest absolute Gasteiger partial charge is 0.391 e. The van der Waals surface area contributed by atoms with Crippen LogP contribution >= 0.6 is 0 Å². The van der Waals surface area contributed by atoms with Crippen LogP contribution in [0.1, 0.15) is 6.92 Å². The van der Waals surface area contributed by atoms with E-state index in [2.05, 4.69) is 5.32 Å². The molecule has 1 amide bonds. The maximum atomic E-state index is 10.8. The van der Waals surface area contributed by atoms with Gasteiger partial charge in [0.2, 0.25) is 12.2 Å². The summed E-state index contributed by atoms with van der Waals surface area (Å²) in [4.78, 5) is 20.4. The molecule has 2 atom stereocenters. The normalized spacial score (nSPS) is 15.2. The maximum absolute atomic E-state index is 10.8. The van der Waals surface area contributed by atoms with Gasteiger partial charge in [0, 0.05) is 0 Å². The van der Waals surface area contributed by atoms with Gasteiger partial charge in [0.05, 0.1) is 12.6 Å². The van der Waals surface area contributed by atoms with Crippen LogP contribution < -0.4 is 11.1 Å². The first-order valence-corrected chi connectivity index (χ1v) is 3.16. The van der Waals surface area contributed by atoms with Gasteiger partial charge in [0.1, 0.15) is 6.04 Å². The molecule has 0 aromatic carbocycles. The number of carbonyl (C=O) groups excluding carboxylic acids is 2. The van der Waals surface area contributed by atoms with Crippen molar-refractivity contribution >= 4 is 12.2 Å². The molecule has 0 heterocycles. The van der Waals surface area contributed by atoms with Crippen LogP contribution in [0.4, 0.5) is 0 Å². The van der Waals surface area contributed by atoms with E-state index in [4.69, 9.17) is 10.8 Å². The fraction of sp³-hybridized carbons (Fsp3) is 0.667. The van der Waals surface area contributed by atoms with Gasteiger partial charge < -0.3 is 16.2 Å². The van der Waals surface area contributed by atoms with E-state index in [1.165, 1.54) is 13.2 Å². The third-order valence-corrected chi connectivity index (χ3v) is 1.16. The molecular formula is C6H11N2O3. The van der Waals surface area contributed by atoms with Crippen molar-refractivity contribution in [2.45, 2.75) is 19.1 Å². The van der Waals surface area contributed by atoms with Gasteiger partial charge in [-0.05, 0) is 6.92 Å². The molecular weight excluding hydrogens is 148 g/mol. The van der Waals surface area contributed by atoms with Crippen LogP contribution in [0, 0.1) is 0 Å². The lowest BCUT2D eigenvalue weighted by Crippen LogP contribution is -2.47. The standard InChI is InChI=1S/C6H11N2O3/c1-4(10)5(7)6(11)8-2-3-9/h4-5,10H,2,7H2,1H3,(H,8,11)/t4-,5+/m1/s1. The molecule has 0 fully saturated rings. The SMILES string of the molecule is C[C@@H](O)[C@H](N)C(=O)NC[C]=O. The average molecular weight is 159 g/mol. The Hall–Kier alpha value is -0.940. The van der Waals surface area contributed by atoms with Crippen LogP contribution in [0.25, 0.3) is 0 Å². The summed E-state index contributed by atoms with van der Waals surface area (Å²) >= 11 is 0. The molecule has 0 aliphatic heterocycles. The first-order chi connectivity index (χ1) is 5.09. The minimum absolute atomic E-state index is 0.195. The number of carbonyl (C=O) groups is 1. The molecule has 0 aliphatic carbocycles. The van der Waals surface area contributed by atoms with E-state index in [1.807, 2.05) is 0 Å². The van der Waals surface area contributed by atoms with E-state index in [9.17, 15) is 9.59 Å². The van der Waals surface area contributed by atoms with E-state index >= 15 is 0 Å². The fourth-order valence-corrected chi connectivity index (χ4v) is 0.460. The molecule has 0 bridgehead atoms. The third kappa shape index (κ3) is 3.69. The molecule has 0 saturated carbocycles. The van der Waals surface area contributed by atoms with E-state index in [-0.39, 0.29) is 6.54 Å². The molecule has 4 N–H and O–H groups in total. The van der Waals surface area contributed by atoms with Crippen molar-refractivity contribution in [1.82, 2.24) is 5.32 Å². The Morgan fingerprint density at radius 1 is 1.82 bits per heavy atom. The molecule has 0 unspecified atom stereocenters. The number of hydrogen-bond acceptors (Lipinski definition) is 4. The highest BCUT2D eigenvalue weighted by Crippen LogP contribution is 1.86. The summed E-state index contributed by atoms with van der Waals surface area (Å²) in [5, 5.41) is 11.0. The minimum Gasteiger partial charge on any atom is -0.391 e. The van der Waals surface area contributed by atoms with Crippen molar-refractivity contribution in [3.05, 3.63) is 0 Å². The number of aliphatic hydroxyl groups is 1. The molecule has 63 valence electrons. The number of hydrogen-bond donors (Lipinski definition) is 3. The lowest BCUT2D eigenvalue weighted by atomic mass is 10.2. The number of nitrogens with one attached hydrogen (secondary N) is 1. The Morgan fingerprint density at radius 3 is 2.73 bits per heavy atom. The minimum atomic E-state index is -0.983. The van der Waals surface area contributed by atoms with Gasteiger partial charge >= 0.3 is 0 Å². The molecule has 5 heteroatoms. The summed E-state index contributed by atoms with van der Waals surface area (Å²) in [5.74, 6) is -0.552. The molecule has 0 aromatic rings. The zero-order valence-electron chi connectivity index (χ0n) is 6.20. The Labute approximate surface area is 64.6 Å². The van der Waals surface area contributed by atoms with Gasteiger partial charge in [0.25, 0.3) is 0 Å². The molecule has 0 rings (SSSR count). The molecule has 0 spiro atoms. The van der Waals surface area contributed by atoms with E-state index in [0.29, 0.717) is 0 Å². The monoisotopic (exact) mass is 159 g/mol. The highest BCUT2D eigenvalue weighted by atomic mass is 16.3. The third-order valence-electron chi connectivity index (χ3n) is 1.16. The topological polar surface area (TPSA) is 92.4 Å². The zero-order valence-corrected chi connectivity index (χ0v) is 6.20. The number of nitrogens with two attached hydrogens (primary N) is 1. The van der Waals surface area contributed by atoms with Gasteiger partial charge in [-0.2, -0.15) is 0 Å². The van der Waals surface area contributed by atoms with Crippen molar-refractivity contribution < 1.29 is 14.7 Å². The van der Waals surface area contributed by atoms with Crippen LogP contribution in [0.2, 0.25) is 0 Å². The van der Waals surface area contributed by atoms with Crippen molar-refractivity contribution in [3.63, 3.8) is 0 Å². The molecule has 0 aliphatic rings. The molecule has 1 radical (unpaired) electrons. The van der Waals surface area contributed by atoms with E-state index < -0.39 is 18.1 Å². The highest BCUT2D eigenvalue weighted by molar-refractivity contribution is 5.83. The Kier molecular flexibility index (Phi) is 4.40. The zero-order chi connectivity index (χ0) is 8.85. The van der Waals surface area contributed by atoms with Crippen molar-refractivity contribution in [2.24, 2.45) is 5.73 Å². The van der Waals surface area contributed by atoms with Crippen LogP contribution in [0.15, 0.2) is 0 Å². The smallest absolute Gasteiger partial charge is 0.239 e. The van der Waals surface area contributed by atoms with Gasteiger partial charge in [0.15, 0.2) is 0 Å². The summed E-state index contributed by atoms with van der Waals surface area (Å²) < 4.78 is 0. The second-order valence-electron chi connectivity index (χ2n) is 2.13. The van der Waals surface area contributed by atoms with Crippen LogP contribution in [-0.2, 0) is 9.59 Å². The summed E-state index contributed by atoms with van der Waals surface area (Å²) in [5.41, 5.74) is 5.21. The lowest BCUT2D eigenvalue weighted by molar-refractivity contribution is -0.124. The van der Waals surface area contributed by atoms with E-state index in [1.54, 1.807) is 0 Å². The fourth-order valence-electron chi connectivity index (χ4n) is 0.460. The Bertz CT molecular complexity index is 147. The number of aliphatic hydroxyl groups excluding tert-OH is 1. The molecule has 5 nitrogen and oxygen atoms in total. The first kappa shape index (κ1) is 10.1. The van der Waals surface area contributed by atoms with Crippen molar-refractivity contribution in [2.75, 3.05) is 6.54 Å². The van der Waals surface area contributed by atoms with Crippen LogP contribution in [0.5, 0.6) is 0 Å². The maximum Gasteiger partial charge on any atom is 0.239 e. The summed E-state index contributed by atoms with van der Waals surface area (Å²) in [7, 11) is 0. The predicted molar refractivity (Wildman–Crippen MR) is 38.4 cm³/mol. The molecule has 0 saturated heterocycles. The predicted octanol–water partition coefficient (Wildman–Crippen LogP) is -2.08. The Morgan fingerprint density at radius 2 is 2.36 bits per heavy atom. The first-order valence-electron chi connectivity index (χ1n) is 3.16. The van der Waals surface area contributed by atoms with Gasteiger partial charge in [-0.1, -0.05) is 0 Å². The van der Waals surface area contributed by atoms with Crippen molar-refractivity contribution in [1.29, 1.82) is 0 Å². The lowest BCUT2D eigenvalue weighted by Gasteiger charge is -2.12. The summed E-state index contributed by atoms with van der Waals surface area (Å²) in [6.07, 6.45) is 0.558. The van der Waals surface area contributed by atoms with Crippen LogP contribution in [0.3, 0.4) is 0 Å². The van der Waals surface area contributed by atoms with Crippen LogP contribution in [-0.4, -0.2) is 36.0 Å². The second-order valence-corrected chi connectivity index (χ2v) is 2.13. The second kappa shape index (κ2) is 4.81. The number of rotatable bonds is 4.